The molecule has 0 fully saturated rings. The highest BCUT2D eigenvalue weighted by atomic mass is 79.9. The second-order valence-corrected chi connectivity index (χ2v) is 21.6. The maximum Gasteiger partial charge on any atom is 0.311 e. The van der Waals surface area contributed by atoms with E-state index in [9.17, 15) is 19.5 Å². The van der Waals surface area contributed by atoms with Crippen LogP contribution in [0.5, 0.6) is 17.2 Å². The Morgan fingerprint density at radius 2 is 0.889 bits per heavy atom. The number of aromatic hydroxyl groups is 1. The van der Waals surface area contributed by atoms with Crippen molar-refractivity contribution in [2.45, 2.75) is 130 Å². The number of hydrogen-bond donors (Lipinski definition) is 2. The van der Waals surface area contributed by atoms with Crippen LogP contribution < -0.4 is 9.47 Å². The Bertz CT molecular complexity index is 1870. The summed E-state index contributed by atoms with van der Waals surface area (Å²) in [6.45, 7) is 32.7. The Labute approximate surface area is 409 Å². The quantitative estimate of drug-likeness (QED) is 0.100. The van der Waals surface area contributed by atoms with Gasteiger partial charge in [-0.25, -0.2) is 0 Å². The fourth-order valence-corrected chi connectivity index (χ4v) is 6.69. The van der Waals surface area contributed by atoms with Crippen LogP contribution in [0.25, 0.3) is 0 Å². The molecule has 0 saturated heterocycles. The maximum atomic E-state index is 12.1. The summed E-state index contributed by atoms with van der Waals surface area (Å²) < 4.78 is 25.2. The first kappa shape index (κ1) is 60.2. The van der Waals surface area contributed by atoms with E-state index in [1.54, 1.807) is 19.9 Å². The lowest BCUT2D eigenvalue weighted by molar-refractivity contribution is -0.156. The number of carbonyl (C=O) groups is 3. The van der Waals surface area contributed by atoms with Gasteiger partial charge >= 0.3 is 17.9 Å². The highest BCUT2D eigenvalue weighted by molar-refractivity contribution is 9.11. The average molecular weight is 1090 g/mol. The highest BCUT2D eigenvalue weighted by Gasteiger charge is 2.30. The minimum atomic E-state index is -0.796. The van der Waals surface area contributed by atoms with Crippen LogP contribution in [-0.2, 0) is 23.9 Å². The molecule has 0 amide bonds. The number of alkyl halides is 1. The molecule has 0 spiro atoms. The number of hydrogen-bond acceptors (Lipinski definition) is 8. The summed E-state index contributed by atoms with van der Waals surface area (Å²) in [4.78, 5) is 34.5. The molecule has 0 atom stereocenters. The molecule has 0 aromatic heterocycles. The largest absolute Gasteiger partial charge is 0.508 e. The predicted molar refractivity (Wildman–Crippen MR) is 269 cm³/mol. The van der Waals surface area contributed by atoms with E-state index in [0.717, 1.165) is 58.3 Å². The third-order valence-corrected chi connectivity index (χ3v) is 12.6. The van der Waals surface area contributed by atoms with E-state index in [4.69, 9.17) is 35.7 Å². The first-order chi connectivity index (χ1) is 28.9. The van der Waals surface area contributed by atoms with Crippen molar-refractivity contribution in [3.05, 3.63) is 83.2 Å². The molecule has 0 radical (unpaired) electrons. The van der Waals surface area contributed by atoms with Crippen molar-refractivity contribution in [3.8, 4) is 17.2 Å². The molecule has 13 heteroatoms. The number of benzene rings is 3. The number of esters is 2. The van der Waals surface area contributed by atoms with E-state index in [2.05, 4.69) is 47.8 Å². The number of ether oxygens (including phenoxy) is 4. The molecule has 0 aliphatic rings. The fraction of sp³-hybridized carbons (Fsp3) is 0.580. The standard InChI is InChI=1S/C18H27BrO3.C14H19BrO3.C10H19ClO2.C8H9BrO/c1-12(2)11-22-17(20)18(5,6)7-8-21-16-10-13(3)15(19)9-14(16)4;1-9-8-12(10(2)7-11(9)15)18-6-5-14(3,4)13(16)17;1-8(2)7-13-9(12)10(3,4)5-6-11;1-5-4-8(10)6(2)3-7(5)9/h9-10,12H,7-8,11H2,1-6H3;7-8H,5-6H2,1-4H3,(H,16,17);8H,5-7H2,1-4H3;3-4,10H,1-2H3. The Balaban J connectivity index is 0.000000846. The van der Waals surface area contributed by atoms with E-state index in [0.29, 0.717) is 69.2 Å². The van der Waals surface area contributed by atoms with Gasteiger partial charge in [0.05, 0.1) is 42.7 Å². The van der Waals surface area contributed by atoms with Crippen molar-refractivity contribution in [3.63, 3.8) is 0 Å². The fourth-order valence-electron chi connectivity index (χ4n) is 4.84. The van der Waals surface area contributed by atoms with Crippen LogP contribution in [0.2, 0.25) is 0 Å². The summed E-state index contributed by atoms with van der Waals surface area (Å²) in [6.07, 6.45) is 1.76. The van der Waals surface area contributed by atoms with Gasteiger partial charge in [-0.2, -0.15) is 0 Å². The molecule has 9 nitrogen and oxygen atoms in total. The third kappa shape index (κ3) is 23.3. The molecule has 0 aliphatic carbocycles. The van der Waals surface area contributed by atoms with Crippen molar-refractivity contribution < 1.29 is 43.5 Å². The van der Waals surface area contributed by atoms with E-state index < -0.39 is 22.2 Å². The van der Waals surface area contributed by atoms with Gasteiger partial charge in [-0.1, -0.05) is 75.5 Å². The lowest BCUT2D eigenvalue weighted by Crippen LogP contribution is -2.29. The number of rotatable bonds is 17. The number of halogens is 4. The minimum absolute atomic E-state index is 0.151. The lowest BCUT2D eigenvalue weighted by atomic mass is 9.90. The van der Waals surface area contributed by atoms with E-state index in [-0.39, 0.29) is 11.9 Å². The van der Waals surface area contributed by atoms with Gasteiger partial charge < -0.3 is 29.2 Å². The van der Waals surface area contributed by atoms with Gasteiger partial charge in [0.1, 0.15) is 17.2 Å². The molecule has 0 unspecified atom stereocenters. The maximum absolute atomic E-state index is 12.1. The van der Waals surface area contributed by atoms with E-state index in [1.807, 2.05) is 127 Å². The molecule has 3 aromatic carbocycles. The SMILES string of the molecule is CC(C)COC(=O)C(C)(C)CCCl.Cc1cc(Br)c(C)cc1O.Cc1cc(OCCC(C)(C)C(=O)O)c(C)cc1Br.Cc1cc(OCCC(C)(C)C(=O)OCC(C)C)c(C)cc1Br. The highest BCUT2D eigenvalue weighted by Crippen LogP contribution is 2.30. The van der Waals surface area contributed by atoms with Crippen molar-refractivity contribution in [1.82, 2.24) is 0 Å². The molecule has 3 rings (SSSR count). The number of aliphatic carboxylic acids is 1. The van der Waals surface area contributed by atoms with Gasteiger partial charge in [-0.15, -0.1) is 11.6 Å². The predicted octanol–water partition coefficient (Wildman–Crippen LogP) is 14.6. The molecule has 0 saturated carbocycles. The second kappa shape index (κ2) is 28.3. The lowest BCUT2D eigenvalue weighted by Gasteiger charge is -2.23. The smallest absolute Gasteiger partial charge is 0.311 e. The summed E-state index contributed by atoms with van der Waals surface area (Å²) in [5.74, 6) is 2.17. The normalized spacial score (nSPS) is 11.3. The number of carbonyl (C=O) groups excluding carboxylic acids is 2. The monoisotopic (exact) mass is 1090 g/mol. The zero-order chi connectivity index (χ0) is 49.0. The van der Waals surface area contributed by atoms with Gasteiger partial charge in [-0.05, 0) is 184 Å². The zero-order valence-corrected chi connectivity index (χ0v) is 46.1. The topological polar surface area (TPSA) is 129 Å². The number of aryl methyl sites for hydroxylation is 6. The molecule has 2 N–H and O–H groups in total. The van der Waals surface area contributed by atoms with Gasteiger partial charge in [0.15, 0.2) is 0 Å². The molecule has 0 heterocycles. The van der Waals surface area contributed by atoms with Crippen LogP contribution in [0.15, 0.2) is 49.8 Å². The molecule has 356 valence electrons. The van der Waals surface area contributed by atoms with Crippen molar-refractivity contribution in [2.24, 2.45) is 28.1 Å². The number of carboxylic acids is 1. The van der Waals surface area contributed by atoms with Crippen molar-refractivity contribution >= 4 is 77.3 Å². The summed E-state index contributed by atoms with van der Waals surface area (Å²) in [7, 11) is 0. The molecule has 0 aliphatic heterocycles. The number of carboxylic acid groups (broad SMARTS) is 1. The van der Waals surface area contributed by atoms with Gasteiger partial charge in [0.25, 0.3) is 0 Å². The Morgan fingerprint density at radius 3 is 1.22 bits per heavy atom. The average Bonchev–Trinajstić information content (AvgIpc) is 3.16. The summed E-state index contributed by atoms with van der Waals surface area (Å²) in [6, 6.07) is 11.7. The van der Waals surface area contributed by atoms with Crippen LogP contribution in [0, 0.1) is 69.6 Å². The Morgan fingerprint density at radius 1 is 0.556 bits per heavy atom. The summed E-state index contributed by atoms with van der Waals surface area (Å²) >= 11 is 15.9. The van der Waals surface area contributed by atoms with Crippen LogP contribution in [0.4, 0.5) is 0 Å². The summed E-state index contributed by atoms with van der Waals surface area (Å²) in [5, 5.41) is 18.2. The van der Waals surface area contributed by atoms with Crippen molar-refractivity contribution in [1.29, 1.82) is 0 Å². The van der Waals surface area contributed by atoms with Crippen molar-refractivity contribution in [2.75, 3.05) is 32.3 Å². The first-order valence-electron chi connectivity index (χ1n) is 21.3. The van der Waals surface area contributed by atoms with Gasteiger partial charge in [0.2, 0.25) is 0 Å². The Hall–Kier alpha value is -2.80. The number of phenolic OH excluding ortho intramolecular Hbond substituents is 1. The van der Waals surface area contributed by atoms with Crippen LogP contribution in [0.1, 0.15) is 122 Å². The molecular weight excluding hydrogens is 1020 g/mol. The van der Waals surface area contributed by atoms with E-state index >= 15 is 0 Å². The van der Waals surface area contributed by atoms with Gasteiger partial charge in [-0.3, -0.25) is 14.4 Å². The van der Waals surface area contributed by atoms with Crippen LogP contribution >= 0.6 is 59.4 Å². The van der Waals surface area contributed by atoms with Crippen LogP contribution in [0.3, 0.4) is 0 Å². The van der Waals surface area contributed by atoms with Gasteiger partial charge in [0, 0.05) is 19.3 Å². The molecule has 3 aromatic rings. The summed E-state index contributed by atoms with van der Waals surface area (Å²) in [5.41, 5.74) is 4.59. The second-order valence-electron chi connectivity index (χ2n) is 18.7. The zero-order valence-electron chi connectivity index (χ0n) is 40.5. The molecule has 0 bridgehead atoms. The van der Waals surface area contributed by atoms with Crippen LogP contribution in [-0.4, -0.2) is 60.4 Å². The Kier molecular flexibility index (Phi) is 27.0. The first-order valence-corrected chi connectivity index (χ1v) is 24.2. The molecule has 63 heavy (non-hydrogen) atoms. The number of phenols is 1. The van der Waals surface area contributed by atoms with E-state index in [1.165, 1.54) is 0 Å². The minimum Gasteiger partial charge on any atom is -0.508 e. The molecular formula is C50H74Br3ClO9. The third-order valence-electron chi connectivity index (χ3n) is 9.86.